The molecule has 4 rings (SSSR count). The van der Waals surface area contributed by atoms with Crippen molar-refractivity contribution in [3.8, 4) is 11.3 Å². The molecule has 0 fully saturated rings. The molecule has 144 valence electrons. The SMILES string of the molecule is CC1=NN(c2ccc(C)cc2)C(=O)/C1=C\c1ccc(-c2cccc([N+](=O)[O-])c2)o1. The normalized spacial score (nSPS) is 15.1. The summed E-state index contributed by atoms with van der Waals surface area (Å²) in [7, 11) is 0. The number of nitro groups is 1. The molecule has 0 atom stereocenters. The molecule has 0 N–H and O–H groups in total. The van der Waals surface area contributed by atoms with E-state index >= 15 is 0 Å². The van der Waals surface area contributed by atoms with Gasteiger partial charge in [0.25, 0.3) is 11.6 Å². The second kappa shape index (κ2) is 7.20. The first-order chi connectivity index (χ1) is 13.9. The third kappa shape index (κ3) is 3.58. The summed E-state index contributed by atoms with van der Waals surface area (Å²) in [4.78, 5) is 23.3. The largest absolute Gasteiger partial charge is 0.457 e. The van der Waals surface area contributed by atoms with Gasteiger partial charge in [-0.15, -0.1) is 0 Å². The molecule has 0 saturated carbocycles. The van der Waals surface area contributed by atoms with Crippen molar-refractivity contribution >= 4 is 29.1 Å². The molecular formula is C22H17N3O4. The van der Waals surface area contributed by atoms with Gasteiger partial charge in [-0.05, 0) is 44.2 Å². The van der Waals surface area contributed by atoms with Gasteiger partial charge in [0.2, 0.25) is 0 Å². The van der Waals surface area contributed by atoms with Gasteiger partial charge in [0.1, 0.15) is 11.5 Å². The molecule has 0 saturated heterocycles. The molecule has 2 heterocycles. The molecule has 0 spiro atoms. The van der Waals surface area contributed by atoms with Crippen molar-refractivity contribution in [1.82, 2.24) is 0 Å². The van der Waals surface area contributed by atoms with Gasteiger partial charge in [0, 0.05) is 17.7 Å². The fraction of sp³-hybridized carbons (Fsp3) is 0.0909. The number of rotatable bonds is 4. The van der Waals surface area contributed by atoms with Gasteiger partial charge in [-0.1, -0.05) is 29.8 Å². The molecule has 7 nitrogen and oxygen atoms in total. The lowest BCUT2D eigenvalue weighted by Gasteiger charge is -2.11. The predicted molar refractivity (Wildman–Crippen MR) is 111 cm³/mol. The number of nitrogens with zero attached hydrogens (tertiary/aromatic N) is 3. The van der Waals surface area contributed by atoms with E-state index < -0.39 is 4.92 Å². The summed E-state index contributed by atoms with van der Waals surface area (Å²) in [6, 6.07) is 17.2. The molecule has 2 aromatic carbocycles. The Kier molecular flexibility index (Phi) is 4.56. The maximum absolute atomic E-state index is 12.8. The van der Waals surface area contributed by atoms with E-state index in [4.69, 9.17) is 4.42 Å². The Morgan fingerprint density at radius 2 is 1.83 bits per heavy atom. The van der Waals surface area contributed by atoms with Crippen LogP contribution < -0.4 is 5.01 Å². The summed E-state index contributed by atoms with van der Waals surface area (Å²) in [5, 5.41) is 16.7. The number of hydrogen-bond donors (Lipinski definition) is 0. The van der Waals surface area contributed by atoms with Crippen LogP contribution in [0.2, 0.25) is 0 Å². The average Bonchev–Trinajstić information content (AvgIpc) is 3.29. The molecule has 1 aliphatic heterocycles. The van der Waals surface area contributed by atoms with E-state index in [1.807, 2.05) is 31.2 Å². The lowest BCUT2D eigenvalue weighted by molar-refractivity contribution is -0.384. The third-order valence-corrected chi connectivity index (χ3v) is 4.60. The zero-order valence-corrected chi connectivity index (χ0v) is 15.8. The van der Waals surface area contributed by atoms with Crippen molar-refractivity contribution in [3.05, 3.63) is 87.7 Å². The van der Waals surface area contributed by atoms with E-state index in [-0.39, 0.29) is 11.6 Å². The molecule has 0 aliphatic carbocycles. The third-order valence-electron chi connectivity index (χ3n) is 4.60. The Hall–Kier alpha value is -4.00. The summed E-state index contributed by atoms with van der Waals surface area (Å²) >= 11 is 0. The topological polar surface area (TPSA) is 89.0 Å². The number of hydrogen-bond acceptors (Lipinski definition) is 5. The first kappa shape index (κ1) is 18.4. The predicted octanol–water partition coefficient (Wildman–Crippen LogP) is 4.97. The number of benzene rings is 2. The standard InChI is InChI=1S/C22H17N3O4/c1-14-6-8-17(9-7-14)24-22(26)20(15(2)23-24)13-19-10-11-21(29-19)16-4-3-5-18(12-16)25(27)28/h3-13H,1-2H3/b20-13-. The Labute approximate surface area is 166 Å². The number of carbonyl (C=O) groups excluding carboxylic acids is 1. The molecule has 3 aromatic rings. The number of carbonyl (C=O) groups is 1. The van der Waals surface area contributed by atoms with Crippen molar-refractivity contribution in [3.63, 3.8) is 0 Å². The summed E-state index contributed by atoms with van der Waals surface area (Å²) in [5.74, 6) is 0.714. The summed E-state index contributed by atoms with van der Waals surface area (Å²) in [6.07, 6.45) is 1.64. The molecule has 0 radical (unpaired) electrons. The highest BCUT2D eigenvalue weighted by Crippen LogP contribution is 2.29. The van der Waals surface area contributed by atoms with Crippen molar-refractivity contribution in [2.45, 2.75) is 13.8 Å². The van der Waals surface area contributed by atoms with Crippen molar-refractivity contribution in [1.29, 1.82) is 0 Å². The zero-order chi connectivity index (χ0) is 20.5. The Morgan fingerprint density at radius 3 is 2.55 bits per heavy atom. The van der Waals surface area contributed by atoms with E-state index in [0.717, 1.165) is 5.56 Å². The molecule has 1 aliphatic rings. The van der Waals surface area contributed by atoms with Crippen LogP contribution in [0.25, 0.3) is 17.4 Å². The van der Waals surface area contributed by atoms with Gasteiger partial charge >= 0.3 is 0 Å². The fourth-order valence-electron chi connectivity index (χ4n) is 3.05. The number of non-ortho nitro benzene ring substituents is 1. The highest BCUT2D eigenvalue weighted by Gasteiger charge is 2.29. The van der Waals surface area contributed by atoms with Crippen LogP contribution in [0.4, 0.5) is 11.4 Å². The minimum Gasteiger partial charge on any atom is -0.457 e. The van der Waals surface area contributed by atoms with Crippen LogP contribution in [0.15, 0.2) is 75.8 Å². The van der Waals surface area contributed by atoms with Crippen molar-refractivity contribution in [2.75, 3.05) is 5.01 Å². The van der Waals surface area contributed by atoms with Crippen LogP contribution >= 0.6 is 0 Å². The van der Waals surface area contributed by atoms with E-state index in [1.165, 1.54) is 17.1 Å². The average molecular weight is 387 g/mol. The number of aryl methyl sites for hydroxylation is 1. The van der Waals surface area contributed by atoms with Crippen LogP contribution in [-0.2, 0) is 4.79 Å². The van der Waals surface area contributed by atoms with Crippen molar-refractivity contribution in [2.24, 2.45) is 5.10 Å². The lowest BCUT2D eigenvalue weighted by atomic mass is 10.1. The molecule has 0 unspecified atom stereocenters. The number of hydrazone groups is 1. The van der Waals surface area contributed by atoms with E-state index in [9.17, 15) is 14.9 Å². The zero-order valence-electron chi connectivity index (χ0n) is 15.8. The smallest absolute Gasteiger partial charge is 0.280 e. The Balaban J connectivity index is 1.61. The molecule has 1 aromatic heterocycles. The van der Waals surface area contributed by atoms with Crippen molar-refractivity contribution < 1.29 is 14.1 Å². The van der Waals surface area contributed by atoms with Gasteiger partial charge in [-0.3, -0.25) is 14.9 Å². The maximum atomic E-state index is 12.8. The number of amides is 1. The molecule has 0 bridgehead atoms. The molecule has 29 heavy (non-hydrogen) atoms. The highest BCUT2D eigenvalue weighted by molar-refractivity contribution is 6.32. The van der Waals surface area contributed by atoms with Gasteiger partial charge in [0.05, 0.1) is 21.9 Å². The fourth-order valence-corrected chi connectivity index (χ4v) is 3.05. The van der Waals surface area contributed by atoms with Gasteiger partial charge in [-0.25, -0.2) is 0 Å². The molecule has 7 heteroatoms. The number of nitro benzene ring substituents is 1. The van der Waals surface area contributed by atoms with Crippen LogP contribution in [0.3, 0.4) is 0 Å². The minimum absolute atomic E-state index is 0.0125. The van der Waals surface area contributed by atoms with Crippen LogP contribution in [0.5, 0.6) is 0 Å². The van der Waals surface area contributed by atoms with Crippen LogP contribution in [0.1, 0.15) is 18.2 Å². The monoisotopic (exact) mass is 387 g/mol. The molecule has 1 amide bonds. The second-order valence-corrected chi connectivity index (χ2v) is 6.71. The van der Waals surface area contributed by atoms with Gasteiger partial charge in [0.15, 0.2) is 0 Å². The molecular weight excluding hydrogens is 370 g/mol. The quantitative estimate of drug-likeness (QED) is 0.359. The first-order valence-corrected chi connectivity index (χ1v) is 8.95. The van der Waals surface area contributed by atoms with E-state index in [1.54, 1.807) is 37.3 Å². The first-order valence-electron chi connectivity index (χ1n) is 8.95. The maximum Gasteiger partial charge on any atom is 0.280 e. The Bertz CT molecular complexity index is 1170. The van der Waals surface area contributed by atoms with Gasteiger partial charge in [-0.2, -0.15) is 10.1 Å². The number of furan rings is 1. The number of anilines is 1. The highest BCUT2D eigenvalue weighted by atomic mass is 16.6. The lowest BCUT2D eigenvalue weighted by Crippen LogP contribution is -2.21. The minimum atomic E-state index is -0.452. The van der Waals surface area contributed by atoms with Crippen LogP contribution in [0, 0.1) is 17.0 Å². The Morgan fingerprint density at radius 1 is 1.07 bits per heavy atom. The second-order valence-electron chi connectivity index (χ2n) is 6.71. The van der Waals surface area contributed by atoms with E-state index in [0.29, 0.717) is 34.1 Å². The van der Waals surface area contributed by atoms with Gasteiger partial charge < -0.3 is 4.42 Å². The van der Waals surface area contributed by atoms with Crippen LogP contribution in [-0.4, -0.2) is 16.5 Å². The summed E-state index contributed by atoms with van der Waals surface area (Å²) < 4.78 is 5.79. The summed E-state index contributed by atoms with van der Waals surface area (Å²) in [6.45, 7) is 3.74. The summed E-state index contributed by atoms with van der Waals surface area (Å²) in [5.41, 5.74) is 3.39. The van der Waals surface area contributed by atoms with E-state index in [2.05, 4.69) is 5.10 Å².